The smallest absolute Gasteiger partial charge is 0.206 e. The number of rotatable bonds is 2. The first kappa shape index (κ1) is 15.0. The van der Waals surface area contributed by atoms with Crippen molar-refractivity contribution in [1.29, 1.82) is 0 Å². The van der Waals surface area contributed by atoms with Crippen LogP contribution in [0, 0.1) is 0 Å². The van der Waals surface area contributed by atoms with Crippen molar-refractivity contribution in [3.8, 4) is 28.7 Å². The summed E-state index contributed by atoms with van der Waals surface area (Å²) < 4.78 is 10.2. The Bertz CT molecular complexity index is 799. The van der Waals surface area contributed by atoms with Gasteiger partial charge < -0.3 is 29.9 Å². The first-order valence-corrected chi connectivity index (χ1v) is 6.71. The molecule has 120 valence electrons. The monoisotopic (exact) mass is 318 g/mol. The number of aliphatic hydroxyl groups is 1. The maximum Gasteiger partial charge on any atom is 0.206 e. The Morgan fingerprint density at radius 1 is 1.13 bits per heavy atom. The van der Waals surface area contributed by atoms with Gasteiger partial charge in [-0.2, -0.15) is 0 Å². The fourth-order valence-corrected chi connectivity index (χ4v) is 2.55. The van der Waals surface area contributed by atoms with Crippen molar-refractivity contribution in [2.24, 2.45) is 0 Å². The van der Waals surface area contributed by atoms with Crippen LogP contribution >= 0.6 is 0 Å². The lowest BCUT2D eigenvalue weighted by Gasteiger charge is -2.32. The molecule has 1 aliphatic heterocycles. The number of hydrogen-bond donors (Lipinski definition) is 4. The van der Waals surface area contributed by atoms with Gasteiger partial charge in [0, 0.05) is 11.6 Å². The van der Waals surface area contributed by atoms with Crippen molar-refractivity contribution in [2.75, 3.05) is 13.7 Å². The van der Waals surface area contributed by atoms with Crippen molar-refractivity contribution < 1.29 is 34.7 Å². The standard InChI is InChI=1S/C16H14O7/c1-22-11-5-4-10(13(18)14(11)19)16(21)7-23-12-6-8(17)2-3-9(12)15(16)20/h2-6,17-19,21H,7H2,1H3/t16-/m1/s1. The van der Waals surface area contributed by atoms with Crippen LogP contribution in [0.5, 0.6) is 28.7 Å². The Morgan fingerprint density at radius 2 is 1.87 bits per heavy atom. The molecule has 0 fully saturated rings. The van der Waals surface area contributed by atoms with Crippen LogP contribution in [0.1, 0.15) is 15.9 Å². The average Bonchev–Trinajstić information content (AvgIpc) is 2.53. The molecule has 0 saturated heterocycles. The number of aromatic hydroxyl groups is 3. The van der Waals surface area contributed by atoms with Gasteiger partial charge in [-0.1, -0.05) is 0 Å². The molecule has 0 amide bonds. The molecule has 0 aromatic heterocycles. The van der Waals surface area contributed by atoms with Gasteiger partial charge in [-0.3, -0.25) is 4.79 Å². The summed E-state index contributed by atoms with van der Waals surface area (Å²) >= 11 is 0. The lowest BCUT2D eigenvalue weighted by Crippen LogP contribution is -2.44. The van der Waals surface area contributed by atoms with E-state index < -0.39 is 29.5 Å². The van der Waals surface area contributed by atoms with Crippen LogP contribution < -0.4 is 9.47 Å². The molecule has 2 aromatic carbocycles. The number of fused-ring (bicyclic) bond motifs is 1. The first-order chi connectivity index (χ1) is 10.9. The minimum Gasteiger partial charge on any atom is -0.508 e. The SMILES string of the molecule is COc1ccc([C@]2(O)COc3cc(O)ccc3C2=O)c(O)c1O. The van der Waals surface area contributed by atoms with Crippen molar-refractivity contribution in [3.05, 3.63) is 41.5 Å². The third kappa shape index (κ3) is 2.13. The molecule has 2 aromatic rings. The van der Waals surface area contributed by atoms with Crippen LogP contribution in [0.15, 0.2) is 30.3 Å². The van der Waals surface area contributed by atoms with Gasteiger partial charge in [0.15, 0.2) is 17.1 Å². The maximum atomic E-state index is 12.6. The molecular formula is C16H14O7. The fourth-order valence-electron chi connectivity index (χ4n) is 2.55. The number of methoxy groups -OCH3 is 1. The highest BCUT2D eigenvalue weighted by molar-refractivity contribution is 6.06. The van der Waals surface area contributed by atoms with Gasteiger partial charge in [-0.15, -0.1) is 0 Å². The Balaban J connectivity index is 2.12. The topological polar surface area (TPSA) is 116 Å². The van der Waals surface area contributed by atoms with E-state index in [4.69, 9.17) is 9.47 Å². The van der Waals surface area contributed by atoms with Crippen molar-refractivity contribution >= 4 is 5.78 Å². The highest BCUT2D eigenvalue weighted by Gasteiger charge is 2.46. The third-order valence-corrected chi connectivity index (χ3v) is 3.80. The predicted molar refractivity (Wildman–Crippen MR) is 78.2 cm³/mol. The predicted octanol–water partition coefficient (Wildman–Crippen LogP) is 1.27. The molecule has 23 heavy (non-hydrogen) atoms. The summed E-state index contributed by atoms with van der Waals surface area (Å²) in [4.78, 5) is 12.6. The van der Waals surface area contributed by atoms with Gasteiger partial charge in [0.25, 0.3) is 0 Å². The van der Waals surface area contributed by atoms with Crippen LogP contribution in [0.2, 0.25) is 0 Å². The second-order valence-corrected chi connectivity index (χ2v) is 5.17. The zero-order valence-corrected chi connectivity index (χ0v) is 12.1. The second kappa shape index (κ2) is 5.06. The molecule has 0 radical (unpaired) electrons. The summed E-state index contributed by atoms with van der Waals surface area (Å²) in [5.74, 6) is -1.89. The van der Waals surface area contributed by atoms with Gasteiger partial charge in [-0.25, -0.2) is 0 Å². The molecule has 0 saturated carbocycles. The largest absolute Gasteiger partial charge is 0.508 e. The average molecular weight is 318 g/mol. The Labute approximate surface area is 131 Å². The number of phenols is 3. The van der Waals surface area contributed by atoms with Gasteiger partial charge in [0.2, 0.25) is 11.5 Å². The molecule has 7 heteroatoms. The zero-order valence-electron chi connectivity index (χ0n) is 12.1. The van der Waals surface area contributed by atoms with Gasteiger partial charge in [-0.05, 0) is 24.3 Å². The number of Topliss-reactive ketones (excluding diaryl/α,β-unsaturated/α-hetero) is 1. The van der Waals surface area contributed by atoms with E-state index in [2.05, 4.69) is 0 Å². The van der Waals surface area contributed by atoms with E-state index in [9.17, 15) is 25.2 Å². The number of ether oxygens (including phenoxy) is 2. The highest BCUT2D eigenvalue weighted by Crippen LogP contribution is 2.45. The normalized spacial score (nSPS) is 19.8. The van der Waals surface area contributed by atoms with Crippen molar-refractivity contribution in [3.63, 3.8) is 0 Å². The van der Waals surface area contributed by atoms with Gasteiger partial charge in [0.05, 0.1) is 12.7 Å². The quantitative estimate of drug-likeness (QED) is 0.616. The van der Waals surface area contributed by atoms with Crippen molar-refractivity contribution in [1.82, 2.24) is 0 Å². The van der Waals surface area contributed by atoms with Crippen molar-refractivity contribution in [2.45, 2.75) is 5.60 Å². The first-order valence-electron chi connectivity index (χ1n) is 6.71. The third-order valence-electron chi connectivity index (χ3n) is 3.80. The minimum absolute atomic E-state index is 0.00403. The number of ketones is 1. The van der Waals surface area contributed by atoms with Crippen LogP contribution in [-0.2, 0) is 5.60 Å². The van der Waals surface area contributed by atoms with E-state index in [1.807, 2.05) is 0 Å². The Kier molecular flexibility index (Phi) is 3.30. The lowest BCUT2D eigenvalue weighted by molar-refractivity contribution is -0.00649. The minimum atomic E-state index is -2.17. The van der Waals surface area contributed by atoms with E-state index in [0.29, 0.717) is 0 Å². The maximum absolute atomic E-state index is 12.6. The zero-order chi connectivity index (χ0) is 16.8. The summed E-state index contributed by atoms with van der Waals surface area (Å²) in [5.41, 5.74) is -2.30. The van der Waals surface area contributed by atoms with Gasteiger partial charge in [0.1, 0.15) is 18.1 Å². The molecule has 7 nitrogen and oxygen atoms in total. The summed E-state index contributed by atoms with van der Waals surface area (Å²) in [7, 11) is 1.31. The molecule has 1 aliphatic rings. The molecule has 4 N–H and O–H groups in total. The Morgan fingerprint density at radius 3 is 2.57 bits per heavy atom. The fraction of sp³-hybridized carbons (Fsp3) is 0.188. The number of carbonyl (C=O) groups excluding carboxylic acids is 1. The summed E-state index contributed by atoms with van der Waals surface area (Å²) in [5, 5.41) is 40.1. The molecule has 0 spiro atoms. The van der Waals surface area contributed by atoms with Crippen LogP contribution in [0.3, 0.4) is 0 Å². The van der Waals surface area contributed by atoms with Gasteiger partial charge >= 0.3 is 0 Å². The molecule has 3 rings (SSSR count). The molecule has 0 unspecified atom stereocenters. The summed E-state index contributed by atoms with van der Waals surface area (Å²) in [6.07, 6.45) is 0. The van der Waals surface area contributed by atoms with E-state index >= 15 is 0 Å². The molecule has 1 heterocycles. The Hall–Kier alpha value is -2.93. The molecule has 0 aliphatic carbocycles. The number of carbonyl (C=O) groups is 1. The van der Waals surface area contributed by atoms with E-state index in [0.717, 1.165) is 0 Å². The highest BCUT2D eigenvalue weighted by atomic mass is 16.5. The molecular weight excluding hydrogens is 304 g/mol. The van der Waals surface area contributed by atoms with E-state index in [1.54, 1.807) is 0 Å². The second-order valence-electron chi connectivity index (χ2n) is 5.17. The van der Waals surface area contributed by atoms with Crippen LogP contribution in [-0.4, -0.2) is 39.9 Å². The number of benzene rings is 2. The van der Waals surface area contributed by atoms with Crippen LogP contribution in [0.25, 0.3) is 0 Å². The summed E-state index contributed by atoms with van der Waals surface area (Å²) in [6, 6.07) is 6.47. The lowest BCUT2D eigenvalue weighted by atomic mass is 9.83. The van der Waals surface area contributed by atoms with Crippen LogP contribution in [0.4, 0.5) is 0 Å². The van der Waals surface area contributed by atoms with E-state index in [1.165, 1.54) is 37.4 Å². The molecule has 1 atom stereocenters. The molecule has 0 bridgehead atoms. The van der Waals surface area contributed by atoms with E-state index in [-0.39, 0.29) is 28.4 Å². The number of hydrogen-bond acceptors (Lipinski definition) is 7. The number of phenolic OH excluding ortho intramolecular Hbond substituents is 3. The summed E-state index contributed by atoms with van der Waals surface area (Å²) in [6.45, 7) is -0.471.